The summed E-state index contributed by atoms with van der Waals surface area (Å²) < 4.78 is 0. The molecule has 0 atom stereocenters. The van der Waals surface area contributed by atoms with Crippen molar-refractivity contribution in [3.63, 3.8) is 0 Å². The van der Waals surface area contributed by atoms with E-state index in [-0.39, 0.29) is 6.54 Å². The van der Waals surface area contributed by atoms with Crippen LogP contribution in [0.15, 0.2) is 30.3 Å². The maximum absolute atomic E-state index is 10.6. The number of primary amides is 1. The second-order valence-corrected chi connectivity index (χ2v) is 2.52. The van der Waals surface area contributed by atoms with Crippen molar-refractivity contribution in [1.82, 2.24) is 0 Å². The second-order valence-electron chi connectivity index (χ2n) is 2.52. The van der Waals surface area contributed by atoms with Gasteiger partial charge in [-0.3, -0.25) is 9.63 Å². The van der Waals surface area contributed by atoms with Crippen LogP contribution < -0.4 is 10.8 Å². The van der Waals surface area contributed by atoms with Gasteiger partial charge in [-0.1, -0.05) is 18.2 Å². The molecule has 1 amide bonds. The molecular weight excluding hydrogens is 168 g/mol. The minimum Gasteiger partial charge on any atom is -0.368 e. The summed E-state index contributed by atoms with van der Waals surface area (Å²) >= 11 is 0. The average Bonchev–Trinajstić information content (AvgIpc) is 2.15. The van der Waals surface area contributed by atoms with E-state index in [2.05, 4.69) is 0 Å². The number of carbonyl (C=O) groups is 1. The summed E-state index contributed by atoms with van der Waals surface area (Å²) in [5.41, 5.74) is 5.85. The molecule has 0 aromatic heterocycles. The van der Waals surface area contributed by atoms with Gasteiger partial charge in [-0.05, 0) is 12.1 Å². The fraction of sp³-hybridized carbons (Fsp3) is 0.222. The van der Waals surface area contributed by atoms with Crippen LogP contribution in [-0.2, 0) is 9.63 Å². The van der Waals surface area contributed by atoms with Crippen LogP contribution >= 0.6 is 0 Å². The molecule has 4 nitrogen and oxygen atoms in total. The number of hydrogen-bond acceptors (Lipinski definition) is 3. The van der Waals surface area contributed by atoms with Gasteiger partial charge in [0, 0.05) is 0 Å². The third-order valence-electron chi connectivity index (χ3n) is 1.56. The van der Waals surface area contributed by atoms with E-state index in [1.54, 1.807) is 0 Å². The fourth-order valence-corrected chi connectivity index (χ4v) is 0.997. The molecule has 1 aromatic rings. The SMILES string of the molecule is CON(CC(N)=O)c1ccccc1. The number of carbonyl (C=O) groups excluding carboxylic acids is 1. The number of rotatable bonds is 4. The zero-order valence-electron chi connectivity index (χ0n) is 7.43. The van der Waals surface area contributed by atoms with Gasteiger partial charge in [0.1, 0.15) is 6.54 Å². The highest BCUT2D eigenvalue weighted by Crippen LogP contribution is 2.11. The monoisotopic (exact) mass is 180 g/mol. The van der Waals surface area contributed by atoms with Crippen molar-refractivity contribution in [2.45, 2.75) is 0 Å². The largest absolute Gasteiger partial charge is 0.368 e. The molecule has 1 rings (SSSR count). The lowest BCUT2D eigenvalue weighted by molar-refractivity contribution is -0.117. The number of nitrogens with zero attached hydrogens (tertiary/aromatic N) is 1. The highest BCUT2D eigenvalue weighted by atomic mass is 16.7. The van der Waals surface area contributed by atoms with Crippen molar-refractivity contribution in [2.75, 3.05) is 18.7 Å². The van der Waals surface area contributed by atoms with Crippen LogP contribution in [0, 0.1) is 0 Å². The smallest absolute Gasteiger partial charge is 0.239 e. The predicted molar refractivity (Wildman–Crippen MR) is 50.0 cm³/mol. The standard InChI is InChI=1S/C9H12N2O2/c1-13-11(7-9(10)12)8-5-3-2-4-6-8/h2-6H,7H2,1H3,(H2,10,12). The van der Waals surface area contributed by atoms with Crippen molar-refractivity contribution in [1.29, 1.82) is 0 Å². The normalized spacial score (nSPS) is 9.62. The molecule has 0 saturated carbocycles. The van der Waals surface area contributed by atoms with E-state index >= 15 is 0 Å². The number of benzene rings is 1. The Balaban J connectivity index is 2.73. The number of nitrogens with two attached hydrogens (primary N) is 1. The Kier molecular flexibility index (Phi) is 3.28. The van der Waals surface area contributed by atoms with E-state index in [1.807, 2.05) is 30.3 Å². The van der Waals surface area contributed by atoms with E-state index in [9.17, 15) is 4.79 Å². The van der Waals surface area contributed by atoms with Gasteiger partial charge in [0.15, 0.2) is 0 Å². The molecule has 0 fully saturated rings. The lowest BCUT2D eigenvalue weighted by Gasteiger charge is -2.19. The van der Waals surface area contributed by atoms with Crippen LogP contribution in [0.4, 0.5) is 5.69 Å². The maximum atomic E-state index is 10.6. The number of hydroxylamine groups is 1. The van der Waals surface area contributed by atoms with Crippen molar-refractivity contribution in [2.24, 2.45) is 5.73 Å². The summed E-state index contributed by atoms with van der Waals surface area (Å²) in [6.07, 6.45) is 0. The Labute approximate surface area is 76.9 Å². The first-order valence-electron chi connectivity index (χ1n) is 3.89. The minimum atomic E-state index is -0.425. The Morgan fingerprint density at radius 3 is 2.54 bits per heavy atom. The molecule has 2 N–H and O–H groups in total. The van der Waals surface area contributed by atoms with Crippen molar-refractivity contribution >= 4 is 11.6 Å². The quantitative estimate of drug-likeness (QED) is 0.688. The first-order valence-corrected chi connectivity index (χ1v) is 3.89. The third-order valence-corrected chi connectivity index (χ3v) is 1.56. The Morgan fingerprint density at radius 1 is 1.46 bits per heavy atom. The molecule has 0 aliphatic carbocycles. The van der Waals surface area contributed by atoms with E-state index < -0.39 is 5.91 Å². The molecule has 0 aliphatic rings. The lowest BCUT2D eigenvalue weighted by Crippen LogP contribution is -2.32. The zero-order valence-corrected chi connectivity index (χ0v) is 7.43. The van der Waals surface area contributed by atoms with Gasteiger partial charge < -0.3 is 5.73 Å². The molecule has 0 saturated heterocycles. The van der Waals surface area contributed by atoms with Crippen molar-refractivity contribution in [3.8, 4) is 0 Å². The molecule has 1 aromatic carbocycles. The van der Waals surface area contributed by atoms with Crippen LogP contribution in [0.25, 0.3) is 0 Å². The Hall–Kier alpha value is -1.55. The highest BCUT2D eigenvalue weighted by molar-refractivity contribution is 5.78. The molecular formula is C9H12N2O2. The van der Waals surface area contributed by atoms with Gasteiger partial charge >= 0.3 is 0 Å². The number of amides is 1. The first-order chi connectivity index (χ1) is 6.24. The summed E-state index contributed by atoms with van der Waals surface area (Å²) in [6.45, 7) is 0.0561. The Bertz CT molecular complexity index is 274. The number of para-hydroxylation sites is 1. The van der Waals surface area contributed by atoms with Crippen LogP contribution in [-0.4, -0.2) is 19.6 Å². The van der Waals surface area contributed by atoms with Gasteiger partial charge in [-0.15, -0.1) is 0 Å². The summed E-state index contributed by atoms with van der Waals surface area (Å²) in [7, 11) is 1.50. The molecule has 70 valence electrons. The molecule has 13 heavy (non-hydrogen) atoms. The van der Waals surface area contributed by atoms with E-state index in [4.69, 9.17) is 10.6 Å². The van der Waals surface area contributed by atoms with E-state index in [0.29, 0.717) is 0 Å². The first kappa shape index (κ1) is 9.54. The maximum Gasteiger partial charge on any atom is 0.239 e. The molecule has 0 radical (unpaired) electrons. The van der Waals surface area contributed by atoms with Crippen LogP contribution in [0.1, 0.15) is 0 Å². The van der Waals surface area contributed by atoms with Gasteiger partial charge in [-0.25, -0.2) is 5.06 Å². The molecule has 0 bridgehead atoms. The van der Waals surface area contributed by atoms with Crippen LogP contribution in [0.3, 0.4) is 0 Å². The van der Waals surface area contributed by atoms with E-state index in [0.717, 1.165) is 5.69 Å². The van der Waals surface area contributed by atoms with Crippen LogP contribution in [0.5, 0.6) is 0 Å². The van der Waals surface area contributed by atoms with Crippen molar-refractivity contribution in [3.05, 3.63) is 30.3 Å². The Morgan fingerprint density at radius 2 is 2.08 bits per heavy atom. The summed E-state index contributed by atoms with van der Waals surface area (Å²) in [5, 5.41) is 1.43. The molecule has 0 unspecified atom stereocenters. The second kappa shape index (κ2) is 4.47. The molecule has 0 aliphatic heterocycles. The minimum absolute atomic E-state index is 0.0561. The number of anilines is 1. The highest BCUT2D eigenvalue weighted by Gasteiger charge is 2.06. The van der Waals surface area contributed by atoms with Crippen molar-refractivity contribution < 1.29 is 9.63 Å². The topological polar surface area (TPSA) is 55.6 Å². The molecule has 0 spiro atoms. The van der Waals surface area contributed by atoms with Gasteiger partial charge in [0.2, 0.25) is 5.91 Å². The zero-order chi connectivity index (χ0) is 9.68. The summed E-state index contributed by atoms with van der Waals surface area (Å²) in [5.74, 6) is -0.425. The molecule has 4 heteroatoms. The van der Waals surface area contributed by atoms with Gasteiger partial charge in [0.25, 0.3) is 0 Å². The molecule has 0 heterocycles. The fourth-order valence-electron chi connectivity index (χ4n) is 0.997. The lowest BCUT2D eigenvalue weighted by atomic mass is 10.3. The average molecular weight is 180 g/mol. The number of hydrogen-bond donors (Lipinski definition) is 1. The summed E-state index contributed by atoms with van der Waals surface area (Å²) in [4.78, 5) is 15.6. The summed E-state index contributed by atoms with van der Waals surface area (Å²) in [6, 6.07) is 9.30. The van der Waals surface area contributed by atoms with Gasteiger partial charge in [0.05, 0.1) is 12.8 Å². The third kappa shape index (κ3) is 2.76. The van der Waals surface area contributed by atoms with Crippen LogP contribution in [0.2, 0.25) is 0 Å². The van der Waals surface area contributed by atoms with Gasteiger partial charge in [-0.2, -0.15) is 0 Å². The predicted octanol–water partition coefficient (Wildman–Crippen LogP) is 0.540. The van der Waals surface area contributed by atoms with E-state index in [1.165, 1.54) is 12.2 Å².